The van der Waals surface area contributed by atoms with Crippen LogP contribution in [0.15, 0.2) is 42.6 Å². The molecule has 1 aromatic carbocycles. The highest BCUT2D eigenvalue weighted by Gasteiger charge is 1.96. The molecule has 0 atom stereocenters. The number of rotatable bonds is 2. The molecule has 0 amide bonds. The fourth-order valence-corrected chi connectivity index (χ4v) is 1.57. The molecule has 0 aliphatic rings. The van der Waals surface area contributed by atoms with Crippen molar-refractivity contribution in [3.63, 3.8) is 0 Å². The van der Waals surface area contributed by atoms with Crippen molar-refractivity contribution in [3.8, 4) is 0 Å². The number of aryl methyl sites for hydroxylation is 1. The van der Waals surface area contributed by atoms with E-state index in [0.717, 1.165) is 17.1 Å². The molecular weight excluding hydrogens is 206 g/mol. The van der Waals surface area contributed by atoms with E-state index >= 15 is 0 Å². The summed E-state index contributed by atoms with van der Waals surface area (Å²) in [5.74, 6) is 0. The van der Waals surface area contributed by atoms with Gasteiger partial charge in [0.15, 0.2) is 0 Å². The van der Waals surface area contributed by atoms with Gasteiger partial charge in [0, 0.05) is 16.9 Å². The van der Waals surface area contributed by atoms with E-state index in [2.05, 4.69) is 11.1 Å². The number of hydrogen-bond donors (Lipinski definition) is 0. The fraction of sp³-hybridized carbons (Fsp3) is 0.154. The Hall–Kier alpha value is -1.34. The molecule has 2 heteroatoms. The van der Waals surface area contributed by atoms with Crippen LogP contribution in [0.3, 0.4) is 0 Å². The van der Waals surface area contributed by atoms with E-state index in [1.165, 1.54) is 11.1 Å². The molecule has 0 radical (unpaired) electrons. The third-order valence-electron chi connectivity index (χ3n) is 2.29. The SMILES string of the molecule is Cc1ccc(Cc2ccc(Cl)cc2)cn1. The van der Waals surface area contributed by atoms with E-state index in [1.54, 1.807) is 0 Å². The van der Waals surface area contributed by atoms with Gasteiger partial charge in [-0.05, 0) is 42.7 Å². The fourth-order valence-electron chi connectivity index (χ4n) is 1.44. The van der Waals surface area contributed by atoms with Crippen LogP contribution in [0.4, 0.5) is 0 Å². The van der Waals surface area contributed by atoms with E-state index in [-0.39, 0.29) is 0 Å². The van der Waals surface area contributed by atoms with Crippen LogP contribution >= 0.6 is 11.6 Å². The van der Waals surface area contributed by atoms with Gasteiger partial charge in [-0.25, -0.2) is 0 Å². The molecule has 15 heavy (non-hydrogen) atoms. The summed E-state index contributed by atoms with van der Waals surface area (Å²) < 4.78 is 0. The van der Waals surface area contributed by atoms with Crippen molar-refractivity contribution in [1.29, 1.82) is 0 Å². The maximum atomic E-state index is 5.82. The molecule has 0 spiro atoms. The van der Waals surface area contributed by atoms with Crippen LogP contribution in [-0.2, 0) is 6.42 Å². The number of hydrogen-bond acceptors (Lipinski definition) is 1. The van der Waals surface area contributed by atoms with E-state index in [1.807, 2.05) is 43.5 Å². The van der Waals surface area contributed by atoms with Crippen molar-refractivity contribution in [2.45, 2.75) is 13.3 Å². The molecular formula is C13H12ClN. The summed E-state index contributed by atoms with van der Waals surface area (Å²) in [5.41, 5.74) is 3.53. The van der Waals surface area contributed by atoms with E-state index < -0.39 is 0 Å². The quantitative estimate of drug-likeness (QED) is 0.749. The molecule has 1 aromatic heterocycles. The molecule has 0 saturated carbocycles. The average molecular weight is 218 g/mol. The van der Waals surface area contributed by atoms with E-state index in [0.29, 0.717) is 0 Å². The zero-order valence-corrected chi connectivity index (χ0v) is 9.33. The van der Waals surface area contributed by atoms with Crippen LogP contribution in [-0.4, -0.2) is 4.98 Å². The van der Waals surface area contributed by atoms with Crippen LogP contribution < -0.4 is 0 Å². The van der Waals surface area contributed by atoms with Crippen molar-refractivity contribution < 1.29 is 0 Å². The molecule has 2 aromatic rings. The Balaban J connectivity index is 2.15. The Bertz CT molecular complexity index is 388. The molecule has 1 heterocycles. The Morgan fingerprint density at radius 1 is 1.00 bits per heavy atom. The van der Waals surface area contributed by atoms with Gasteiger partial charge in [-0.1, -0.05) is 29.8 Å². The molecule has 0 bridgehead atoms. The topological polar surface area (TPSA) is 12.9 Å². The lowest BCUT2D eigenvalue weighted by Crippen LogP contribution is -1.89. The average Bonchev–Trinajstić information content (AvgIpc) is 2.25. The third-order valence-corrected chi connectivity index (χ3v) is 2.55. The number of benzene rings is 1. The van der Waals surface area contributed by atoms with Crippen molar-refractivity contribution in [1.82, 2.24) is 4.98 Å². The highest BCUT2D eigenvalue weighted by atomic mass is 35.5. The maximum Gasteiger partial charge on any atom is 0.0406 e. The van der Waals surface area contributed by atoms with Gasteiger partial charge in [0.25, 0.3) is 0 Å². The molecule has 0 saturated heterocycles. The molecule has 2 rings (SSSR count). The van der Waals surface area contributed by atoms with Crippen LogP contribution in [0.2, 0.25) is 5.02 Å². The predicted molar refractivity (Wildman–Crippen MR) is 63.2 cm³/mol. The third kappa shape index (κ3) is 2.80. The minimum Gasteiger partial charge on any atom is -0.261 e. The summed E-state index contributed by atoms with van der Waals surface area (Å²) in [5, 5.41) is 0.779. The summed E-state index contributed by atoms with van der Waals surface area (Å²) >= 11 is 5.82. The first-order valence-electron chi connectivity index (χ1n) is 4.90. The van der Waals surface area contributed by atoms with Gasteiger partial charge >= 0.3 is 0 Å². The van der Waals surface area contributed by atoms with E-state index in [4.69, 9.17) is 11.6 Å². The number of halogens is 1. The number of nitrogens with zero attached hydrogens (tertiary/aromatic N) is 1. The van der Waals surface area contributed by atoms with Crippen LogP contribution in [0, 0.1) is 6.92 Å². The zero-order chi connectivity index (χ0) is 10.7. The summed E-state index contributed by atoms with van der Waals surface area (Å²) in [7, 11) is 0. The second-order valence-electron chi connectivity index (χ2n) is 3.61. The largest absolute Gasteiger partial charge is 0.261 e. The molecule has 1 nitrogen and oxygen atoms in total. The Morgan fingerprint density at radius 3 is 2.27 bits per heavy atom. The highest BCUT2D eigenvalue weighted by Crippen LogP contribution is 2.13. The number of pyridine rings is 1. The van der Waals surface area contributed by atoms with Crippen molar-refractivity contribution in [3.05, 3.63) is 64.4 Å². The van der Waals surface area contributed by atoms with E-state index in [9.17, 15) is 0 Å². The lowest BCUT2D eigenvalue weighted by molar-refractivity contribution is 1.11. The predicted octanol–water partition coefficient (Wildman–Crippen LogP) is 3.63. The lowest BCUT2D eigenvalue weighted by Gasteiger charge is -2.02. The van der Waals surface area contributed by atoms with Crippen LogP contribution in [0.5, 0.6) is 0 Å². The Kier molecular flexibility index (Phi) is 3.02. The Morgan fingerprint density at radius 2 is 1.67 bits per heavy atom. The molecule has 0 unspecified atom stereocenters. The first-order valence-corrected chi connectivity index (χ1v) is 5.28. The minimum absolute atomic E-state index is 0.779. The first-order chi connectivity index (χ1) is 7.24. The highest BCUT2D eigenvalue weighted by molar-refractivity contribution is 6.30. The lowest BCUT2D eigenvalue weighted by atomic mass is 10.1. The van der Waals surface area contributed by atoms with Crippen LogP contribution in [0.1, 0.15) is 16.8 Å². The molecule has 0 aliphatic heterocycles. The summed E-state index contributed by atoms with van der Waals surface area (Å²) in [4.78, 5) is 4.27. The summed E-state index contributed by atoms with van der Waals surface area (Å²) in [6.45, 7) is 1.99. The van der Waals surface area contributed by atoms with Crippen LogP contribution in [0.25, 0.3) is 0 Å². The second kappa shape index (κ2) is 4.45. The van der Waals surface area contributed by atoms with Gasteiger partial charge in [-0.2, -0.15) is 0 Å². The van der Waals surface area contributed by atoms with Gasteiger partial charge in [0.1, 0.15) is 0 Å². The normalized spacial score (nSPS) is 10.3. The second-order valence-corrected chi connectivity index (χ2v) is 4.05. The minimum atomic E-state index is 0.779. The summed E-state index contributed by atoms with van der Waals surface area (Å²) in [6, 6.07) is 12.1. The van der Waals surface area contributed by atoms with Crippen molar-refractivity contribution in [2.75, 3.05) is 0 Å². The van der Waals surface area contributed by atoms with Gasteiger partial charge in [-0.15, -0.1) is 0 Å². The standard InChI is InChI=1S/C13H12ClN/c1-10-2-3-12(9-15-10)8-11-4-6-13(14)7-5-11/h2-7,9H,8H2,1H3. The van der Waals surface area contributed by atoms with Crippen molar-refractivity contribution >= 4 is 11.6 Å². The molecule has 0 N–H and O–H groups in total. The van der Waals surface area contributed by atoms with Gasteiger partial charge in [0.05, 0.1) is 0 Å². The number of aromatic nitrogens is 1. The zero-order valence-electron chi connectivity index (χ0n) is 8.57. The van der Waals surface area contributed by atoms with Gasteiger partial charge in [0.2, 0.25) is 0 Å². The van der Waals surface area contributed by atoms with Gasteiger partial charge < -0.3 is 0 Å². The summed E-state index contributed by atoms with van der Waals surface area (Å²) in [6.07, 6.45) is 2.83. The molecule has 76 valence electrons. The van der Waals surface area contributed by atoms with Gasteiger partial charge in [-0.3, -0.25) is 4.98 Å². The maximum absolute atomic E-state index is 5.82. The smallest absolute Gasteiger partial charge is 0.0406 e. The first kappa shape index (κ1) is 10.2. The molecule has 0 fully saturated rings. The van der Waals surface area contributed by atoms with Crippen molar-refractivity contribution in [2.24, 2.45) is 0 Å². The Labute approximate surface area is 94.7 Å². The molecule has 0 aliphatic carbocycles. The monoisotopic (exact) mass is 217 g/mol.